The summed E-state index contributed by atoms with van der Waals surface area (Å²) < 4.78 is 16.3. The van der Waals surface area contributed by atoms with Crippen LogP contribution in [-0.4, -0.2) is 27.6 Å². The van der Waals surface area contributed by atoms with Crippen molar-refractivity contribution in [3.05, 3.63) is 315 Å². The molecule has 418 valence electrons. The fraction of sp³-hybridized carbons (Fsp3) is 0.0946. The van der Waals surface area contributed by atoms with E-state index in [4.69, 9.17) is 37.3 Å². The first-order chi connectivity index (χ1) is 40.0. The molecule has 0 bridgehead atoms. The second-order valence-electron chi connectivity index (χ2n) is 17.9. The monoisotopic (exact) mass is 1170 g/mol. The lowest BCUT2D eigenvalue weighted by molar-refractivity contribution is 0.112. The highest BCUT2D eigenvalue weighted by Crippen LogP contribution is 2.18. The minimum atomic E-state index is 0.579. The Balaban J connectivity index is 0.000000225. The smallest absolute Gasteiger partial charge is 0.150 e. The number of hydrogen-bond acceptors (Lipinski definition) is 6. The fourth-order valence-electron chi connectivity index (χ4n) is 7.01. The third-order valence-corrected chi connectivity index (χ3v) is 12.9. The van der Waals surface area contributed by atoms with Crippen molar-refractivity contribution >= 4 is 94.2 Å². The standard InChI is InChI=1S/C24H23NO.C17H16O.C10H12.C9H9Cl.C8H8O2.C6H6BrN/c1-26-24-16-14-22(15-17-24)9-8-20-4-2-19(3-5-20)6-7-21-10-12-23(18-25)13-11-21;1-3-14-4-6-15(7-5-14)8-9-16-10-12-17(18-2)13-11-16;1-3-9-5-7-10(4-2)8-6-9;1-2-8-3-5-9(7-10)6-4-8;1-10-8-4-2-7(6-9)3-5-8;7-5-1-3-6(8)4-2-5/h2-17H,18,25H2,1H3;3-13H,1H2,2H3;3,5-8H,1,4H2,2H3;2-6H,1,7H2;2-6H,1H3;1-4H,8H2/b7-6+,9-8+;9-8+;;;;. The lowest BCUT2D eigenvalue weighted by Gasteiger charge is -2.00. The average Bonchev–Trinajstić information content (AvgIpc) is 3.55. The van der Waals surface area contributed by atoms with Gasteiger partial charge in [-0.3, -0.25) is 4.79 Å². The summed E-state index contributed by atoms with van der Waals surface area (Å²) in [7, 11) is 4.94. The van der Waals surface area contributed by atoms with Crippen LogP contribution in [0.3, 0.4) is 0 Å². The number of benzene rings is 9. The van der Waals surface area contributed by atoms with Crippen molar-refractivity contribution in [2.45, 2.75) is 25.8 Å². The van der Waals surface area contributed by atoms with E-state index in [0.29, 0.717) is 18.0 Å². The molecular formula is C74H74BrClN2O4. The number of alkyl halides is 1. The van der Waals surface area contributed by atoms with E-state index in [2.05, 4.69) is 176 Å². The summed E-state index contributed by atoms with van der Waals surface area (Å²) in [5, 5.41) is 0. The van der Waals surface area contributed by atoms with E-state index in [-0.39, 0.29) is 0 Å². The van der Waals surface area contributed by atoms with Crippen LogP contribution in [0.25, 0.3) is 54.7 Å². The van der Waals surface area contributed by atoms with E-state index in [9.17, 15) is 4.79 Å². The number of nitrogen functional groups attached to an aromatic ring is 1. The number of halogens is 2. The van der Waals surface area contributed by atoms with Gasteiger partial charge in [-0.15, -0.1) is 11.6 Å². The molecule has 9 rings (SSSR count). The Morgan fingerprint density at radius 3 is 0.902 bits per heavy atom. The van der Waals surface area contributed by atoms with Crippen LogP contribution in [0.5, 0.6) is 17.2 Å². The molecule has 0 spiro atoms. The summed E-state index contributed by atoms with van der Waals surface area (Å²) in [6.07, 6.45) is 20.1. The zero-order valence-corrected chi connectivity index (χ0v) is 49.7. The van der Waals surface area contributed by atoms with Crippen molar-refractivity contribution in [2.24, 2.45) is 5.73 Å². The van der Waals surface area contributed by atoms with Crippen LogP contribution in [0.1, 0.15) is 84.0 Å². The van der Waals surface area contributed by atoms with Crippen LogP contribution in [-0.2, 0) is 18.8 Å². The lowest BCUT2D eigenvalue weighted by Crippen LogP contribution is -1.94. The normalized spacial score (nSPS) is 10.1. The van der Waals surface area contributed by atoms with E-state index in [1.807, 2.05) is 115 Å². The predicted octanol–water partition coefficient (Wildman–Crippen LogP) is 19.5. The lowest BCUT2D eigenvalue weighted by atomic mass is 10.1. The molecule has 0 aliphatic rings. The highest BCUT2D eigenvalue weighted by Gasteiger charge is 1.96. The first kappa shape index (κ1) is 65.5. The maximum absolute atomic E-state index is 10.2. The quantitative estimate of drug-likeness (QED) is 0.0433. The summed E-state index contributed by atoms with van der Waals surface area (Å²) in [5.41, 5.74) is 26.6. The van der Waals surface area contributed by atoms with Gasteiger partial charge in [-0.2, -0.15) is 0 Å². The Morgan fingerprint density at radius 1 is 0.390 bits per heavy atom. The molecule has 0 radical (unpaired) electrons. The van der Waals surface area contributed by atoms with Crippen molar-refractivity contribution < 1.29 is 19.0 Å². The van der Waals surface area contributed by atoms with Crippen molar-refractivity contribution in [2.75, 3.05) is 27.1 Å². The van der Waals surface area contributed by atoms with Crippen molar-refractivity contribution in [1.82, 2.24) is 0 Å². The number of hydrogen-bond donors (Lipinski definition) is 2. The highest BCUT2D eigenvalue weighted by atomic mass is 79.9. The van der Waals surface area contributed by atoms with Gasteiger partial charge in [0.2, 0.25) is 0 Å². The Bertz CT molecular complexity index is 3100. The third kappa shape index (κ3) is 25.9. The summed E-state index contributed by atoms with van der Waals surface area (Å²) in [5.74, 6) is 3.10. The predicted molar refractivity (Wildman–Crippen MR) is 359 cm³/mol. The topological polar surface area (TPSA) is 96.8 Å². The Hall–Kier alpha value is -8.98. The Labute approximate surface area is 500 Å². The minimum Gasteiger partial charge on any atom is -0.497 e. The summed E-state index contributed by atoms with van der Waals surface area (Å²) in [6.45, 7) is 13.8. The third-order valence-electron chi connectivity index (χ3n) is 12.1. The molecule has 0 unspecified atom stereocenters. The van der Waals surface area contributed by atoms with Gasteiger partial charge in [0.25, 0.3) is 0 Å². The van der Waals surface area contributed by atoms with E-state index in [1.165, 1.54) is 33.4 Å². The molecule has 0 aliphatic carbocycles. The molecular weight excluding hydrogens is 1100 g/mol. The number of methoxy groups -OCH3 is 3. The number of anilines is 1. The molecule has 4 N–H and O–H groups in total. The van der Waals surface area contributed by atoms with E-state index >= 15 is 0 Å². The maximum atomic E-state index is 10.2. The van der Waals surface area contributed by atoms with Gasteiger partial charge in [0.05, 0.1) is 21.3 Å². The van der Waals surface area contributed by atoms with Gasteiger partial charge in [-0.25, -0.2) is 0 Å². The maximum Gasteiger partial charge on any atom is 0.150 e. The number of ether oxygens (including phenoxy) is 3. The summed E-state index contributed by atoms with van der Waals surface area (Å²) >= 11 is 8.89. The van der Waals surface area contributed by atoms with Crippen molar-refractivity contribution in [1.29, 1.82) is 0 Å². The second kappa shape index (κ2) is 38.6. The largest absolute Gasteiger partial charge is 0.497 e. The van der Waals surface area contributed by atoms with Crippen LogP contribution < -0.4 is 25.7 Å². The molecule has 0 saturated carbocycles. The van der Waals surface area contributed by atoms with Gasteiger partial charge in [0.1, 0.15) is 23.5 Å². The molecule has 0 fully saturated rings. The molecule has 0 amide bonds. The zero-order valence-electron chi connectivity index (χ0n) is 47.3. The molecule has 0 aromatic heterocycles. The van der Waals surface area contributed by atoms with Gasteiger partial charge in [-0.05, 0) is 146 Å². The summed E-state index contributed by atoms with van der Waals surface area (Å²) in [4.78, 5) is 10.2. The Morgan fingerprint density at radius 2 is 0.646 bits per heavy atom. The van der Waals surface area contributed by atoms with Gasteiger partial charge < -0.3 is 25.7 Å². The molecule has 9 aromatic carbocycles. The summed E-state index contributed by atoms with van der Waals surface area (Å²) in [6, 6.07) is 72.0. The zero-order chi connectivity index (χ0) is 59.2. The van der Waals surface area contributed by atoms with Gasteiger partial charge >= 0.3 is 0 Å². The highest BCUT2D eigenvalue weighted by molar-refractivity contribution is 9.10. The first-order valence-corrected chi connectivity index (χ1v) is 27.8. The number of carbonyl (C=O) groups excluding carboxylic acids is 1. The van der Waals surface area contributed by atoms with Crippen LogP contribution in [0.4, 0.5) is 5.69 Å². The van der Waals surface area contributed by atoms with Gasteiger partial charge in [0.15, 0.2) is 0 Å². The molecule has 0 heterocycles. The van der Waals surface area contributed by atoms with E-state index in [0.717, 1.165) is 73.5 Å². The van der Waals surface area contributed by atoms with E-state index in [1.54, 1.807) is 45.6 Å². The second-order valence-corrected chi connectivity index (χ2v) is 19.0. The van der Waals surface area contributed by atoms with Gasteiger partial charge in [-0.1, -0.05) is 243 Å². The number of rotatable bonds is 16. The van der Waals surface area contributed by atoms with Gasteiger partial charge in [0, 0.05) is 28.1 Å². The number of nitrogens with two attached hydrogens (primary N) is 2. The molecule has 6 nitrogen and oxygen atoms in total. The number of aldehydes is 1. The van der Waals surface area contributed by atoms with Crippen LogP contribution in [0, 0.1) is 0 Å². The molecule has 0 aliphatic heterocycles. The molecule has 82 heavy (non-hydrogen) atoms. The first-order valence-electron chi connectivity index (χ1n) is 26.5. The minimum absolute atomic E-state index is 0.579. The Kier molecular flexibility index (Phi) is 30.8. The molecule has 8 heteroatoms. The fourth-order valence-corrected chi connectivity index (χ4v) is 7.45. The SMILES string of the molecule is C=Cc1ccc(/C=C/c2ccc(OC)cc2)cc1.C=Cc1ccc(CC)cc1.C=Cc1ccc(CCl)cc1.COc1ccc(/C=C/c2ccc(/C=C/c3ccc(CN)cc3)cc2)cc1.COc1ccc(C=O)cc1.Nc1ccc(Br)cc1. The van der Waals surface area contributed by atoms with E-state index < -0.39 is 0 Å². The molecule has 9 aromatic rings. The number of aryl methyl sites for hydroxylation is 1. The van der Waals surface area contributed by atoms with Crippen LogP contribution in [0.15, 0.2) is 243 Å². The average molecular weight is 1170 g/mol. The van der Waals surface area contributed by atoms with Crippen molar-refractivity contribution in [3.63, 3.8) is 0 Å². The number of carbonyl (C=O) groups is 1. The molecule has 0 atom stereocenters. The van der Waals surface area contributed by atoms with Crippen LogP contribution in [0.2, 0.25) is 0 Å². The van der Waals surface area contributed by atoms with Crippen molar-refractivity contribution in [3.8, 4) is 17.2 Å². The van der Waals surface area contributed by atoms with Crippen LogP contribution >= 0.6 is 27.5 Å². The molecule has 0 saturated heterocycles.